The van der Waals surface area contributed by atoms with Gasteiger partial charge in [-0.3, -0.25) is 14.3 Å². The summed E-state index contributed by atoms with van der Waals surface area (Å²) in [5.74, 6) is 1.28. The maximum atomic E-state index is 13.6. The zero-order valence-corrected chi connectivity index (χ0v) is 31.4. The van der Waals surface area contributed by atoms with Crippen LogP contribution in [0.1, 0.15) is 49.4 Å². The molecule has 3 N–H and O–H groups in total. The van der Waals surface area contributed by atoms with Gasteiger partial charge >= 0.3 is 5.69 Å². The van der Waals surface area contributed by atoms with Gasteiger partial charge in [0.1, 0.15) is 23.7 Å². The summed E-state index contributed by atoms with van der Waals surface area (Å²) in [6.07, 6.45) is -1.34. The fourth-order valence-electron chi connectivity index (χ4n) is 7.49. The SMILES string of the molecule is COC[C@]1(n2cc(C)c(=O)[nH]c2=O)C[C@@](O)([Si](C)(C)C(C)(C)C)[C@@H](C(O)C(c2ccccc2)(c2ccc(OC)cc2)c2ccc(OC)cc2)O1. The van der Waals surface area contributed by atoms with Crippen LogP contribution in [0.5, 0.6) is 11.5 Å². The first-order valence-electron chi connectivity index (χ1n) is 16.8. The summed E-state index contributed by atoms with van der Waals surface area (Å²) >= 11 is 0. The summed E-state index contributed by atoms with van der Waals surface area (Å²) in [6.45, 7) is 11.9. The second kappa shape index (κ2) is 13.6. The molecule has 0 amide bonds. The van der Waals surface area contributed by atoms with Gasteiger partial charge in [-0.2, -0.15) is 0 Å². The van der Waals surface area contributed by atoms with Gasteiger partial charge in [-0.05, 0) is 52.9 Å². The van der Waals surface area contributed by atoms with Gasteiger partial charge < -0.3 is 29.2 Å². The highest BCUT2D eigenvalue weighted by Crippen LogP contribution is 2.57. The van der Waals surface area contributed by atoms with E-state index in [9.17, 15) is 19.8 Å². The molecule has 1 aliphatic heterocycles. The zero-order valence-electron chi connectivity index (χ0n) is 30.4. The van der Waals surface area contributed by atoms with Gasteiger partial charge in [0.2, 0.25) is 0 Å². The van der Waals surface area contributed by atoms with E-state index in [1.54, 1.807) is 21.1 Å². The lowest BCUT2D eigenvalue weighted by Gasteiger charge is -2.52. The lowest BCUT2D eigenvalue weighted by molar-refractivity contribution is -0.174. The molecule has 3 aromatic carbocycles. The maximum Gasteiger partial charge on any atom is 0.330 e. The molecule has 4 atom stereocenters. The smallest absolute Gasteiger partial charge is 0.330 e. The van der Waals surface area contributed by atoms with Crippen LogP contribution in [0.2, 0.25) is 18.1 Å². The number of rotatable bonds is 11. The number of methoxy groups -OCH3 is 3. The third kappa shape index (κ3) is 5.94. The van der Waals surface area contributed by atoms with Crippen LogP contribution >= 0.6 is 0 Å². The van der Waals surface area contributed by atoms with Crippen LogP contribution in [-0.2, 0) is 20.6 Å². The summed E-state index contributed by atoms with van der Waals surface area (Å²) in [7, 11) is 1.75. The number of aryl methyl sites for hydroxylation is 1. The molecule has 10 nitrogen and oxygen atoms in total. The number of nitrogens with one attached hydrogen (secondary N) is 1. The molecule has 5 rings (SSSR count). The van der Waals surface area contributed by atoms with Crippen molar-refractivity contribution in [2.24, 2.45) is 0 Å². The number of ether oxygens (including phenoxy) is 4. The average molecular weight is 703 g/mol. The third-order valence-electron chi connectivity index (χ3n) is 11.3. The second-order valence-corrected chi connectivity index (χ2v) is 20.5. The van der Waals surface area contributed by atoms with E-state index in [-0.39, 0.29) is 13.0 Å². The van der Waals surface area contributed by atoms with Crippen molar-refractivity contribution < 1.29 is 29.2 Å². The lowest BCUT2D eigenvalue weighted by Crippen LogP contribution is -2.68. The number of benzene rings is 3. The van der Waals surface area contributed by atoms with Crippen molar-refractivity contribution >= 4 is 8.07 Å². The number of nitrogens with zero attached hydrogens (tertiary/aromatic N) is 1. The predicted octanol–water partition coefficient (Wildman–Crippen LogP) is 5.12. The van der Waals surface area contributed by atoms with Gasteiger partial charge in [0, 0.05) is 25.3 Å². The number of aliphatic hydroxyl groups excluding tert-OH is 1. The van der Waals surface area contributed by atoms with Crippen molar-refractivity contribution in [3.05, 3.63) is 128 Å². The Morgan fingerprint density at radius 3 is 1.86 bits per heavy atom. The molecule has 0 radical (unpaired) electrons. The number of aliphatic hydroxyl groups is 2. The fraction of sp³-hybridized carbons (Fsp3) is 0.436. The van der Waals surface area contributed by atoms with Crippen LogP contribution in [0.4, 0.5) is 0 Å². The first kappa shape index (κ1) is 37.3. The summed E-state index contributed by atoms with van der Waals surface area (Å²) in [5, 5.41) is 24.9. The zero-order chi connectivity index (χ0) is 36.7. The van der Waals surface area contributed by atoms with E-state index in [1.165, 1.54) is 17.9 Å². The molecule has 268 valence electrons. The highest BCUT2D eigenvalue weighted by Gasteiger charge is 2.69. The number of hydrogen-bond donors (Lipinski definition) is 3. The van der Waals surface area contributed by atoms with Gasteiger partial charge in [0.15, 0.2) is 5.72 Å². The van der Waals surface area contributed by atoms with E-state index in [4.69, 9.17) is 18.9 Å². The molecule has 0 aliphatic carbocycles. The highest BCUT2D eigenvalue weighted by molar-refractivity contribution is 6.83. The van der Waals surface area contributed by atoms with Gasteiger partial charge in [0.05, 0.1) is 39.5 Å². The molecule has 1 aliphatic rings. The van der Waals surface area contributed by atoms with Crippen molar-refractivity contribution in [1.82, 2.24) is 9.55 Å². The lowest BCUT2D eigenvalue weighted by atomic mass is 9.64. The number of aromatic nitrogens is 2. The van der Waals surface area contributed by atoms with Crippen LogP contribution in [0, 0.1) is 6.92 Å². The van der Waals surface area contributed by atoms with E-state index in [1.807, 2.05) is 78.9 Å². The van der Waals surface area contributed by atoms with E-state index in [0.29, 0.717) is 17.1 Å². The van der Waals surface area contributed by atoms with Crippen molar-refractivity contribution in [3.8, 4) is 11.5 Å². The molecule has 1 unspecified atom stereocenters. The van der Waals surface area contributed by atoms with Crippen molar-refractivity contribution in [2.75, 3.05) is 27.9 Å². The quantitative estimate of drug-likeness (QED) is 0.145. The van der Waals surface area contributed by atoms with Crippen molar-refractivity contribution in [3.63, 3.8) is 0 Å². The number of hydrogen-bond acceptors (Lipinski definition) is 8. The molecule has 1 fully saturated rings. The minimum atomic E-state index is -2.94. The van der Waals surface area contributed by atoms with Crippen LogP contribution in [0.15, 0.2) is 94.6 Å². The molecule has 1 aromatic heterocycles. The Hall–Kier alpha value is -4.00. The molecular weight excluding hydrogens is 653 g/mol. The summed E-state index contributed by atoms with van der Waals surface area (Å²) < 4.78 is 25.2. The fourth-order valence-corrected chi connectivity index (χ4v) is 10.4. The topological polar surface area (TPSA) is 132 Å². The van der Waals surface area contributed by atoms with Gasteiger partial charge in [-0.1, -0.05) is 88.5 Å². The standard InChI is InChI=1S/C39H50N2O8Si/c1-26-23-41(35(44)40-34(26)43)37(25-46-5)24-38(45,50(8,9)36(2,3)4)33(49-37)32(42)39(27-13-11-10-12-14-27,28-15-19-30(47-6)20-16-28)29-17-21-31(48-7)22-18-29/h10-23,32-33,42,45H,24-25H2,1-9H3,(H,40,43,44)/t32?,33-,37+,38-/m1/s1. The molecule has 0 spiro atoms. The third-order valence-corrected chi connectivity index (χ3v) is 17.7. The van der Waals surface area contributed by atoms with Gasteiger partial charge in [-0.25, -0.2) is 4.79 Å². The molecule has 1 saturated heterocycles. The first-order valence-corrected chi connectivity index (χ1v) is 19.8. The Labute approximate surface area is 294 Å². The number of aromatic amines is 1. The Kier molecular flexibility index (Phi) is 10.1. The Bertz CT molecular complexity index is 1850. The first-order chi connectivity index (χ1) is 23.5. The van der Waals surface area contributed by atoms with E-state index < -0.39 is 52.9 Å². The Morgan fingerprint density at radius 1 is 0.900 bits per heavy atom. The molecule has 0 saturated carbocycles. The summed E-state index contributed by atoms with van der Waals surface area (Å²) in [4.78, 5) is 28.5. The molecule has 0 bridgehead atoms. The summed E-state index contributed by atoms with van der Waals surface area (Å²) in [6, 6.07) is 24.7. The number of H-pyrrole nitrogens is 1. The largest absolute Gasteiger partial charge is 0.497 e. The molecule has 50 heavy (non-hydrogen) atoms. The maximum absolute atomic E-state index is 13.6. The monoisotopic (exact) mass is 702 g/mol. The average Bonchev–Trinajstić information content (AvgIpc) is 3.41. The molecule has 11 heteroatoms. The Morgan fingerprint density at radius 2 is 1.40 bits per heavy atom. The predicted molar refractivity (Wildman–Crippen MR) is 196 cm³/mol. The van der Waals surface area contributed by atoms with E-state index in [2.05, 4.69) is 38.8 Å². The van der Waals surface area contributed by atoms with Crippen molar-refractivity contribution in [1.29, 1.82) is 0 Å². The van der Waals surface area contributed by atoms with E-state index in [0.717, 1.165) is 16.7 Å². The van der Waals surface area contributed by atoms with Crippen LogP contribution in [0.3, 0.4) is 0 Å². The van der Waals surface area contributed by atoms with Crippen LogP contribution < -0.4 is 20.7 Å². The molecule has 4 aromatic rings. The van der Waals surface area contributed by atoms with Gasteiger partial charge in [-0.15, -0.1) is 0 Å². The van der Waals surface area contributed by atoms with Gasteiger partial charge in [0.25, 0.3) is 5.56 Å². The highest BCUT2D eigenvalue weighted by atomic mass is 28.3. The minimum Gasteiger partial charge on any atom is -0.497 e. The molecule has 2 heterocycles. The second-order valence-electron chi connectivity index (χ2n) is 14.9. The minimum absolute atomic E-state index is 0.0758. The Balaban J connectivity index is 1.89. The summed E-state index contributed by atoms with van der Waals surface area (Å²) in [5.41, 5.74) is -1.63. The normalized spacial score (nSPS) is 21.9. The van der Waals surface area contributed by atoms with Crippen molar-refractivity contribution in [2.45, 2.75) is 80.8 Å². The van der Waals surface area contributed by atoms with E-state index >= 15 is 0 Å². The van der Waals surface area contributed by atoms with Crippen LogP contribution in [0.25, 0.3) is 0 Å². The molecular formula is C39H50N2O8Si. The van der Waals surface area contributed by atoms with Crippen LogP contribution in [-0.4, -0.2) is 73.2 Å².